The molecule has 31 heavy (non-hydrogen) atoms. The van der Waals surface area contributed by atoms with Crippen molar-refractivity contribution in [2.24, 2.45) is 0 Å². The molecule has 3 aromatic carbocycles. The number of hydrogen-bond donors (Lipinski definition) is 1. The van der Waals surface area contributed by atoms with Gasteiger partial charge in [-0.05, 0) is 35.9 Å². The number of benzene rings is 3. The molecule has 152 valence electrons. The molecule has 0 aliphatic rings. The third-order valence-corrected chi connectivity index (χ3v) is 4.94. The molecule has 0 fully saturated rings. The van der Waals surface area contributed by atoms with Crippen LogP contribution in [-0.4, -0.2) is 21.2 Å². The predicted octanol–water partition coefficient (Wildman–Crippen LogP) is 4.55. The van der Waals surface area contributed by atoms with Gasteiger partial charge in [0.1, 0.15) is 11.3 Å². The van der Waals surface area contributed by atoms with Crippen molar-refractivity contribution < 1.29 is 14.7 Å². The van der Waals surface area contributed by atoms with Crippen molar-refractivity contribution in [1.29, 1.82) is 0 Å². The number of rotatable bonds is 6. The number of carbonyl (C=O) groups is 2. The van der Waals surface area contributed by atoms with Crippen LogP contribution in [0.3, 0.4) is 0 Å². The number of nitrogens with zero attached hydrogens (tertiary/aromatic N) is 1. The van der Waals surface area contributed by atoms with Crippen molar-refractivity contribution in [3.05, 3.63) is 112 Å². The van der Waals surface area contributed by atoms with Crippen molar-refractivity contribution in [2.45, 2.75) is 6.42 Å². The largest absolute Gasteiger partial charge is 0.506 e. The molecule has 4 rings (SSSR count). The van der Waals surface area contributed by atoms with E-state index >= 15 is 0 Å². The van der Waals surface area contributed by atoms with Crippen LogP contribution >= 0.6 is 0 Å². The molecule has 1 N–H and O–H groups in total. The highest BCUT2D eigenvalue weighted by atomic mass is 16.3. The Hall–Kier alpha value is -4.25. The van der Waals surface area contributed by atoms with Gasteiger partial charge in [0.05, 0.1) is 11.9 Å². The maximum Gasteiger partial charge on any atom is 0.270 e. The summed E-state index contributed by atoms with van der Waals surface area (Å²) in [5.41, 5.74) is 0.815. The first-order chi connectivity index (χ1) is 15.1. The van der Waals surface area contributed by atoms with E-state index in [1.807, 2.05) is 36.4 Å². The highest BCUT2D eigenvalue weighted by Crippen LogP contribution is 2.28. The molecule has 0 aliphatic carbocycles. The lowest BCUT2D eigenvalue weighted by molar-refractivity contribution is -0.113. The summed E-state index contributed by atoms with van der Waals surface area (Å²) in [6, 6.07) is 24.9. The van der Waals surface area contributed by atoms with Crippen LogP contribution in [0.1, 0.15) is 22.3 Å². The van der Waals surface area contributed by atoms with Gasteiger partial charge in [0.2, 0.25) is 0 Å². The van der Waals surface area contributed by atoms with Crippen LogP contribution in [0.25, 0.3) is 22.7 Å². The monoisotopic (exact) mass is 409 g/mol. The average molecular weight is 409 g/mol. The van der Waals surface area contributed by atoms with E-state index < -0.39 is 29.3 Å². The zero-order valence-electron chi connectivity index (χ0n) is 16.6. The smallest absolute Gasteiger partial charge is 0.270 e. The highest BCUT2D eigenvalue weighted by Gasteiger charge is 2.23. The summed E-state index contributed by atoms with van der Waals surface area (Å²) < 4.78 is 1.38. The normalized spacial score (nSPS) is 11.1. The molecule has 0 unspecified atom stereocenters. The van der Waals surface area contributed by atoms with Gasteiger partial charge in [-0.1, -0.05) is 66.7 Å². The Morgan fingerprint density at radius 1 is 0.839 bits per heavy atom. The van der Waals surface area contributed by atoms with Crippen LogP contribution < -0.4 is 5.56 Å². The number of aromatic hydroxyl groups is 1. The SMILES string of the molecule is O=C(C=Cc1ccccc1)CC(=O)c1c(O)c2ccccc2n(-c2ccccc2)c1=O. The average Bonchev–Trinajstić information content (AvgIpc) is 2.79. The molecule has 0 aliphatic heterocycles. The fourth-order valence-corrected chi connectivity index (χ4v) is 3.47. The van der Waals surface area contributed by atoms with Gasteiger partial charge in [-0.2, -0.15) is 0 Å². The summed E-state index contributed by atoms with van der Waals surface area (Å²) in [6.45, 7) is 0. The van der Waals surface area contributed by atoms with Gasteiger partial charge in [0.25, 0.3) is 5.56 Å². The number of hydrogen-bond acceptors (Lipinski definition) is 4. The Morgan fingerprint density at radius 3 is 2.16 bits per heavy atom. The lowest BCUT2D eigenvalue weighted by Crippen LogP contribution is -2.26. The van der Waals surface area contributed by atoms with Gasteiger partial charge >= 0.3 is 0 Å². The van der Waals surface area contributed by atoms with Crippen LogP contribution in [0.2, 0.25) is 0 Å². The predicted molar refractivity (Wildman–Crippen MR) is 121 cm³/mol. The van der Waals surface area contributed by atoms with Crippen molar-refractivity contribution in [1.82, 2.24) is 4.57 Å². The number of aromatic nitrogens is 1. The van der Waals surface area contributed by atoms with E-state index in [1.165, 1.54) is 10.6 Å². The number of Topliss-reactive ketones (excluding diaryl/α,β-unsaturated/α-hetero) is 1. The molecule has 0 radical (unpaired) electrons. The zero-order chi connectivity index (χ0) is 21.8. The number of carbonyl (C=O) groups excluding carboxylic acids is 2. The zero-order valence-corrected chi connectivity index (χ0v) is 16.6. The summed E-state index contributed by atoms with van der Waals surface area (Å²) in [5, 5.41) is 11.1. The fourth-order valence-electron chi connectivity index (χ4n) is 3.47. The standard InChI is InChI=1S/C26H19NO4/c28-20(16-15-18-9-3-1-4-10-18)17-23(29)24-25(30)21-13-7-8-14-22(21)27(26(24)31)19-11-5-2-6-12-19/h1-16,30H,17H2. The van der Waals surface area contributed by atoms with E-state index in [2.05, 4.69) is 0 Å². The second-order valence-electron chi connectivity index (χ2n) is 7.03. The van der Waals surface area contributed by atoms with Crippen LogP contribution in [0.4, 0.5) is 0 Å². The molecule has 5 heteroatoms. The minimum absolute atomic E-state index is 0.363. The lowest BCUT2D eigenvalue weighted by atomic mass is 10.0. The molecule has 0 saturated heterocycles. The Balaban J connectivity index is 1.75. The molecule has 0 saturated carbocycles. The van der Waals surface area contributed by atoms with Crippen LogP contribution in [-0.2, 0) is 4.79 Å². The number of para-hydroxylation sites is 2. The minimum atomic E-state index is -0.722. The van der Waals surface area contributed by atoms with Gasteiger partial charge in [0, 0.05) is 11.1 Å². The van der Waals surface area contributed by atoms with Gasteiger partial charge in [0.15, 0.2) is 11.6 Å². The molecule has 0 amide bonds. The third-order valence-electron chi connectivity index (χ3n) is 4.94. The molecule has 0 atom stereocenters. The first kappa shape index (κ1) is 20.0. The maximum absolute atomic E-state index is 13.3. The van der Waals surface area contributed by atoms with E-state index in [9.17, 15) is 19.5 Å². The van der Waals surface area contributed by atoms with Crippen molar-refractivity contribution >= 4 is 28.5 Å². The lowest BCUT2D eigenvalue weighted by Gasteiger charge is -2.14. The second-order valence-corrected chi connectivity index (χ2v) is 7.03. The highest BCUT2D eigenvalue weighted by molar-refractivity contribution is 6.14. The number of ketones is 2. The third kappa shape index (κ3) is 4.07. The Kier molecular flexibility index (Phi) is 5.58. The molecule has 4 aromatic rings. The first-order valence-electron chi connectivity index (χ1n) is 9.77. The van der Waals surface area contributed by atoms with Crippen molar-refractivity contribution in [3.8, 4) is 11.4 Å². The molecule has 1 aromatic heterocycles. The summed E-state index contributed by atoms with van der Waals surface area (Å²) in [7, 11) is 0. The van der Waals surface area contributed by atoms with Gasteiger partial charge in [-0.3, -0.25) is 19.0 Å². The van der Waals surface area contributed by atoms with E-state index in [4.69, 9.17) is 0 Å². The first-order valence-corrected chi connectivity index (χ1v) is 9.77. The molecule has 5 nitrogen and oxygen atoms in total. The number of fused-ring (bicyclic) bond motifs is 1. The summed E-state index contributed by atoms with van der Waals surface area (Å²) in [4.78, 5) is 38.5. The molecule has 0 bridgehead atoms. The number of allylic oxidation sites excluding steroid dienone is 1. The second kappa shape index (κ2) is 8.63. The molecular formula is C26H19NO4. The topological polar surface area (TPSA) is 76.4 Å². The van der Waals surface area contributed by atoms with Crippen LogP contribution in [0.5, 0.6) is 5.75 Å². The summed E-state index contributed by atoms with van der Waals surface area (Å²) in [6.07, 6.45) is 2.40. The summed E-state index contributed by atoms with van der Waals surface area (Å²) >= 11 is 0. The van der Waals surface area contributed by atoms with E-state index in [1.54, 1.807) is 54.6 Å². The van der Waals surface area contributed by atoms with E-state index in [-0.39, 0.29) is 5.56 Å². The van der Waals surface area contributed by atoms with Crippen molar-refractivity contribution in [3.63, 3.8) is 0 Å². The quantitative estimate of drug-likeness (QED) is 0.288. The Morgan fingerprint density at radius 2 is 1.45 bits per heavy atom. The molecule has 1 heterocycles. The Bertz CT molecular complexity index is 1350. The molecule has 0 spiro atoms. The van der Waals surface area contributed by atoms with Gasteiger partial charge in [-0.25, -0.2) is 0 Å². The number of pyridine rings is 1. The van der Waals surface area contributed by atoms with E-state index in [0.29, 0.717) is 16.6 Å². The van der Waals surface area contributed by atoms with Crippen molar-refractivity contribution in [2.75, 3.05) is 0 Å². The van der Waals surface area contributed by atoms with Crippen LogP contribution in [0.15, 0.2) is 95.8 Å². The fraction of sp³-hybridized carbons (Fsp3) is 0.0385. The summed E-state index contributed by atoms with van der Waals surface area (Å²) in [5.74, 6) is -1.58. The van der Waals surface area contributed by atoms with Gasteiger partial charge < -0.3 is 5.11 Å². The van der Waals surface area contributed by atoms with E-state index in [0.717, 1.165) is 5.56 Å². The Labute approximate surface area is 178 Å². The molecular weight excluding hydrogens is 390 g/mol. The maximum atomic E-state index is 13.3. The minimum Gasteiger partial charge on any atom is -0.506 e. The van der Waals surface area contributed by atoms with Crippen LogP contribution in [0, 0.1) is 0 Å². The van der Waals surface area contributed by atoms with Gasteiger partial charge in [-0.15, -0.1) is 0 Å².